The van der Waals surface area contributed by atoms with Crippen molar-refractivity contribution in [2.45, 2.75) is 70.3 Å². The van der Waals surface area contributed by atoms with Crippen LogP contribution in [0.2, 0.25) is 0 Å². The zero-order valence-corrected chi connectivity index (χ0v) is 18.0. The Labute approximate surface area is 178 Å². The molecule has 1 N–H and O–H groups in total. The van der Waals surface area contributed by atoms with Crippen LogP contribution >= 0.6 is 0 Å². The number of ether oxygens (including phenoxy) is 1. The highest BCUT2D eigenvalue weighted by Gasteiger charge is 2.29. The number of hydrogen-bond acceptors (Lipinski definition) is 6. The molecule has 0 unspecified atom stereocenters. The first kappa shape index (κ1) is 21.0. The van der Waals surface area contributed by atoms with Gasteiger partial charge in [-0.15, -0.1) is 10.2 Å². The van der Waals surface area contributed by atoms with Crippen molar-refractivity contribution in [3.8, 4) is 11.5 Å². The summed E-state index contributed by atoms with van der Waals surface area (Å²) in [6.45, 7) is 2.73. The van der Waals surface area contributed by atoms with Crippen molar-refractivity contribution in [3.05, 3.63) is 29.9 Å². The summed E-state index contributed by atoms with van der Waals surface area (Å²) >= 11 is 0. The van der Waals surface area contributed by atoms with Crippen molar-refractivity contribution in [2.75, 3.05) is 13.7 Å². The summed E-state index contributed by atoms with van der Waals surface area (Å²) in [6, 6.07) is 3.91. The third kappa shape index (κ3) is 5.06. The molecule has 0 saturated heterocycles. The first-order valence-electron chi connectivity index (χ1n) is 11.2. The summed E-state index contributed by atoms with van der Waals surface area (Å²) in [5, 5.41) is 11.7. The Bertz CT molecular complexity index is 819. The smallest absolute Gasteiger partial charge is 0.249 e. The predicted molar refractivity (Wildman–Crippen MR) is 113 cm³/mol. The monoisotopic (exact) mass is 412 g/mol. The van der Waals surface area contributed by atoms with Gasteiger partial charge in [0.1, 0.15) is 0 Å². The number of hydrogen-bond donors (Lipinski definition) is 1. The molecule has 0 aromatic carbocycles. The topological polar surface area (TPSA) is 90.1 Å². The third-order valence-corrected chi connectivity index (χ3v) is 6.74. The van der Waals surface area contributed by atoms with E-state index in [0.29, 0.717) is 23.8 Å². The molecule has 0 bridgehead atoms. The lowest BCUT2D eigenvalue weighted by Crippen LogP contribution is -2.37. The molecule has 2 aromatic heterocycles. The van der Waals surface area contributed by atoms with E-state index in [1.165, 1.54) is 0 Å². The molecule has 2 saturated carbocycles. The van der Waals surface area contributed by atoms with E-state index in [0.717, 1.165) is 75.1 Å². The highest BCUT2D eigenvalue weighted by Crippen LogP contribution is 2.36. The maximum absolute atomic E-state index is 12.5. The summed E-state index contributed by atoms with van der Waals surface area (Å²) < 4.78 is 11.3. The number of aromatic nitrogens is 3. The zero-order chi connectivity index (χ0) is 20.9. The molecule has 0 radical (unpaired) electrons. The van der Waals surface area contributed by atoms with E-state index in [1.54, 1.807) is 13.3 Å². The number of nitrogens with one attached hydrogen (secondary N) is 1. The molecule has 7 heteroatoms. The van der Waals surface area contributed by atoms with Gasteiger partial charge in [0.2, 0.25) is 17.7 Å². The van der Waals surface area contributed by atoms with Gasteiger partial charge in [-0.25, -0.2) is 0 Å². The van der Waals surface area contributed by atoms with E-state index < -0.39 is 0 Å². The molecule has 30 heavy (non-hydrogen) atoms. The van der Waals surface area contributed by atoms with Crippen LogP contribution in [0.5, 0.6) is 0 Å². The van der Waals surface area contributed by atoms with Gasteiger partial charge in [0.05, 0.1) is 11.7 Å². The van der Waals surface area contributed by atoms with Gasteiger partial charge in [0, 0.05) is 37.4 Å². The van der Waals surface area contributed by atoms with Gasteiger partial charge in [-0.2, -0.15) is 0 Å². The second-order valence-corrected chi connectivity index (χ2v) is 8.81. The molecular formula is C23H32N4O3. The van der Waals surface area contributed by atoms with E-state index in [9.17, 15) is 4.79 Å². The quantitative estimate of drug-likeness (QED) is 0.770. The lowest BCUT2D eigenvalue weighted by molar-refractivity contribution is -0.127. The number of carbonyl (C=O) groups excluding carboxylic acids is 1. The van der Waals surface area contributed by atoms with Gasteiger partial charge in [-0.1, -0.05) is 0 Å². The highest BCUT2D eigenvalue weighted by molar-refractivity contribution is 5.78. The van der Waals surface area contributed by atoms with Crippen LogP contribution in [0.4, 0.5) is 0 Å². The summed E-state index contributed by atoms with van der Waals surface area (Å²) in [6.07, 6.45) is 10.1. The Morgan fingerprint density at radius 2 is 1.87 bits per heavy atom. The van der Waals surface area contributed by atoms with Gasteiger partial charge in [-0.05, 0) is 76.3 Å². The van der Waals surface area contributed by atoms with Crippen molar-refractivity contribution >= 4 is 5.91 Å². The SMILES string of the molecule is COC1CCC(C(=O)NCC2CCC(c3nnc(-c4ccc(C)nc4)o3)CC2)CC1. The fourth-order valence-corrected chi connectivity index (χ4v) is 4.67. The molecule has 0 spiro atoms. The van der Waals surface area contributed by atoms with Crippen molar-refractivity contribution in [3.63, 3.8) is 0 Å². The minimum Gasteiger partial charge on any atom is -0.420 e. The van der Waals surface area contributed by atoms with Crippen LogP contribution in [0, 0.1) is 18.8 Å². The van der Waals surface area contributed by atoms with E-state index >= 15 is 0 Å². The van der Waals surface area contributed by atoms with Gasteiger partial charge < -0.3 is 14.5 Å². The van der Waals surface area contributed by atoms with E-state index in [4.69, 9.17) is 9.15 Å². The predicted octanol–water partition coefficient (Wildman–Crippen LogP) is 4.04. The van der Waals surface area contributed by atoms with Crippen LogP contribution in [-0.4, -0.2) is 40.8 Å². The minimum atomic E-state index is 0.154. The van der Waals surface area contributed by atoms with Crippen LogP contribution in [-0.2, 0) is 9.53 Å². The fraction of sp³-hybridized carbons (Fsp3) is 0.652. The Morgan fingerprint density at radius 1 is 1.10 bits per heavy atom. The Kier molecular flexibility index (Phi) is 6.77. The molecule has 2 aliphatic carbocycles. The fourth-order valence-electron chi connectivity index (χ4n) is 4.67. The number of aryl methyl sites for hydroxylation is 1. The first-order chi connectivity index (χ1) is 14.6. The number of pyridine rings is 1. The molecule has 0 aliphatic heterocycles. The molecule has 2 aliphatic rings. The van der Waals surface area contributed by atoms with Crippen LogP contribution in [0.3, 0.4) is 0 Å². The largest absolute Gasteiger partial charge is 0.420 e. The number of carbonyl (C=O) groups is 1. The van der Waals surface area contributed by atoms with Crippen molar-refractivity contribution in [2.24, 2.45) is 11.8 Å². The van der Waals surface area contributed by atoms with Crippen LogP contribution in [0.15, 0.2) is 22.7 Å². The van der Waals surface area contributed by atoms with Gasteiger partial charge in [-0.3, -0.25) is 9.78 Å². The normalized spacial score (nSPS) is 27.0. The summed E-state index contributed by atoms with van der Waals surface area (Å²) in [7, 11) is 1.76. The molecule has 0 atom stereocenters. The number of nitrogens with zero attached hydrogens (tertiary/aromatic N) is 3. The minimum absolute atomic E-state index is 0.154. The second-order valence-electron chi connectivity index (χ2n) is 8.81. The van der Waals surface area contributed by atoms with Crippen molar-refractivity contribution in [1.82, 2.24) is 20.5 Å². The Morgan fingerprint density at radius 3 is 2.53 bits per heavy atom. The molecule has 4 rings (SSSR count). The molecule has 2 heterocycles. The maximum Gasteiger partial charge on any atom is 0.249 e. The molecule has 2 fully saturated rings. The van der Waals surface area contributed by atoms with Gasteiger partial charge in [0.25, 0.3) is 0 Å². The first-order valence-corrected chi connectivity index (χ1v) is 11.2. The highest BCUT2D eigenvalue weighted by atomic mass is 16.5. The van der Waals surface area contributed by atoms with Crippen LogP contribution in [0.25, 0.3) is 11.5 Å². The average Bonchev–Trinajstić information content (AvgIpc) is 3.28. The third-order valence-electron chi connectivity index (χ3n) is 6.74. The van der Waals surface area contributed by atoms with Crippen molar-refractivity contribution in [1.29, 1.82) is 0 Å². The van der Waals surface area contributed by atoms with Crippen LogP contribution in [0.1, 0.15) is 68.9 Å². The standard InChI is InChI=1S/C23H32N4O3/c1-15-3-6-19(14-24-15)23-27-26-22(30-23)18-7-4-16(5-8-18)13-25-21(28)17-9-11-20(29-2)12-10-17/h3,6,14,16-18,20H,4-5,7-13H2,1-2H3,(H,25,28). The Balaban J connectivity index is 1.22. The lowest BCUT2D eigenvalue weighted by Gasteiger charge is -2.29. The Hall–Kier alpha value is -2.28. The van der Waals surface area contributed by atoms with Gasteiger partial charge >= 0.3 is 0 Å². The molecule has 7 nitrogen and oxygen atoms in total. The maximum atomic E-state index is 12.5. The van der Waals surface area contributed by atoms with E-state index in [1.807, 2.05) is 19.1 Å². The molecular weight excluding hydrogens is 380 g/mol. The second kappa shape index (κ2) is 9.69. The van der Waals surface area contributed by atoms with Crippen LogP contribution < -0.4 is 5.32 Å². The molecule has 1 amide bonds. The summed E-state index contributed by atoms with van der Waals surface area (Å²) in [5.41, 5.74) is 1.82. The lowest BCUT2D eigenvalue weighted by atomic mass is 9.81. The zero-order valence-electron chi connectivity index (χ0n) is 18.0. The molecule has 162 valence electrons. The number of rotatable bonds is 6. The van der Waals surface area contributed by atoms with Crippen molar-refractivity contribution < 1.29 is 13.9 Å². The van der Waals surface area contributed by atoms with E-state index in [-0.39, 0.29) is 11.8 Å². The summed E-state index contributed by atoms with van der Waals surface area (Å²) in [5.74, 6) is 2.48. The van der Waals surface area contributed by atoms with Gasteiger partial charge in [0.15, 0.2) is 0 Å². The molecule has 2 aromatic rings. The summed E-state index contributed by atoms with van der Waals surface area (Å²) in [4.78, 5) is 16.8. The number of amides is 1. The number of methoxy groups -OCH3 is 1. The van der Waals surface area contributed by atoms with E-state index in [2.05, 4.69) is 20.5 Å². The average molecular weight is 413 g/mol.